The summed E-state index contributed by atoms with van der Waals surface area (Å²) < 4.78 is 28.3. The van der Waals surface area contributed by atoms with Crippen molar-refractivity contribution in [3.05, 3.63) is 30.5 Å². The fourth-order valence-electron chi connectivity index (χ4n) is 4.27. The number of hydrogen-bond donors (Lipinski definition) is 1. The Hall–Kier alpha value is -2.51. The summed E-state index contributed by atoms with van der Waals surface area (Å²) in [6.45, 7) is 1.18. The molecule has 1 atom stereocenters. The number of aromatic nitrogens is 4. The summed E-state index contributed by atoms with van der Waals surface area (Å²) in [4.78, 5) is 26.4. The van der Waals surface area contributed by atoms with Gasteiger partial charge in [-0.05, 0) is 18.9 Å². The van der Waals surface area contributed by atoms with Crippen LogP contribution in [0.2, 0.25) is 0 Å². The highest BCUT2D eigenvalue weighted by atomic mass is 19.3. The number of likely N-dealkylation sites (tertiary alicyclic amines) is 1. The quantitative estimate of drug-likeness (QED) is 0.765. The number of nitrogens with one attached hydrogen (secondary N) is 1. The predicted octanol–water partition coefficient (Wildman–Crippen LogP) is 2.96. The Labute approximate surface area is 148 Å². The van der Waals surface area contributed by atoms with Crippen molar-refractivity contribution in [2.75, 3.05) is 13.1 Å². The van der Waals surface area contributed by atoms with E-state index in [4.69, 9.17) is 0 Å². The molecule has 2 aliphatic rings. The van der Waals surface area contributed by atoms with Crippen LogP contribution in [0.15, 0.2) is 24.7 Å². The molecule has 0 spiro atoms. The number of carbonyl (C=O) groups excluding carboxylic acids is 1. The molecule has 1 amide bonds. The molecule has 3 aromatic rings. The van der Waals surface area contributed by atoms with Gasteiger partial charge in [0.1, 0.15) is 5.82 Å². The van der Waals surface area contributed by atoms with Crippen LogP contribution in [-0.4, -0.2) is 49.2 Å². The average Bonchev–Trinajstić information content (AvgIpc) is 3.24. The smallest absolute Gasteiger partial charge is 0.249 e. The van der Waals surface area contributed by atoms with Gasteiger partial charge in [0.15, 0.2) is 5.65 Å². The maximum Gasteiger partial charge on any atom is 0.249 e. The second kappa shape index (κ2) is 5.49. The Bertz CT molecular complexity index is 986. The van der Waals surface area contributed by atoms with Crippen molar-refractivity contribution in [3.63, 3.8) is 0 Å². The van der Waals surface area contributed by atoms with Gasteiger partial charge < -0.3 is 9.88 Å². The van der Waals surface area contributed by atoms with Gasteiger partial charge in [-0.25, -0.2) is 18.7 Å². The number of halogens is 2. The lowest BCUT2D eigenvalue weighted by molar-refractivity contribution is -0.160. The molecule has 4 heterocycles. The van der Waals surface area contributed by atoms with E-state index in [-0.39, 0.29) is 24.7 Å². The van der Waals surface area contributed by atoms with Crippen molar-refractivity contribution in [2.24, 2.45) is 5.92 Å². The van der Waals surface area contributed by atoms with E-state index >= 15 is 0 Å². The summed E-state index contributed by atoms with van der Waals surface area (Å²) in [6, 6.07) is 1.96. The Morgan fingerprint density at radius 1 is 1.27 bits per heavy atom. The molecule has 0 aromatic carbocycles. The van der Waals surface area contributed by atoms with Crippen LogP contribution >= 0.6 is 0 Å². The number of aromatic amines is 1. The van der Waals surface area contributed by atoms with E-state index in [2.05, 4.69) is 19.4 Å². The molecule has 0 radical (unpaired) electrons. The van der Waals surface area contributed by atoms with Crippen molar-refractivity contribution in [2.45, 2.75) is 37.5 Å². The highest BCUT2D eigenvalue weighted by Crippen LogP contribution is 2.43. The van der Waals surface area contributed by atoms with Crippen LogP contribution in [-0.2, 0) is 4.79 Å². The number of imidazole rings is 1. The number of amides is 1. The normalized spacial score (nSPS) is 23.5. The fourth-order valence-corrected chi connectivity index (χ4v) is 4.27. The third-order valence-electron chi connectivity index (χ3n) is 5.62. The van der Waals surface area contributed by atoms with Crippen molar-refractivity contribution in [1.82, 2.24) is 24.3 Å². The van der Waals surface area contributed by atoms with Gasteiger partial charge >= 0.3 is 0 Å². The number of H-pyrrole nitrogens is 1. The van der Waals surface area contributed by atoms with Gasteiger partial charge in [0, 0.05) is 44.0 Å². The summed E-state index contributed by atoms with van der Waals surface area (Å²) in [6.07, 6.45) is 6.57. The molecule has 26 heavy (non-hydrogen) atoms. The van der Waals surface area contributed by atoms with Gasteiger partial charge in [-0.3, -0.25) is 9.20 Å². The van der Waals surface area contributed by atoms with Gasteiger partial charge in [-0.2, -0.15) is 0 Å². The molecule has 1 N–H and O–H groups in total. The highest BCUT2D eigenvalue weighted by molar-refractivity contribution is 5.80. The fraction of sp³-hybridized carbons (Fsp3) is 0.500. The molecule has 5 rings (SSSR count). The van der Waals surface area contributed by atoms with Crippen LogP contribution in [0.3, 0.4) is 0 Å². The second-order valence-corrected chi connectivity index (χ2v) is 7.43. The molecule has 2 fully saturated rings. The standard InChI is InChI=1S/C18H19F2N5O/c19-18(20)6-12(7-18)17(26)24-5-1-2-11(10-24)16-23-9-13-8-22-15-14(25(13)16)3-4-21-15/h3-4,8-9,11-12,21H,1-2,5-7,10H2/t11-/m1/s1. The van der Waals surface area contributed by atoms with Crippen LogP contribution in [0.5, 0.6) is 0 Å². The summed E-state index contributed by atoms with van der Waals surface area (Å²) in [5.41, 5.74) is 2.66. The Morgan fingerprint density at radius 2 is 2.08 bits per heavy atom. The van der Waals surface area contributed by atoms with E-state index in [1.54, 1.807) is 17.3 Å². The molecule has 1 saturated heterocycles. The van der Waals surface area contributed by atoms with Crippen molar-refractivity contribution < 1.29 is 13.6 Å². The lowest BCUT2D eigenvalue weighted by atomic mass is 9.80. The number of rotatable bonds is 2. The summed E-state index contributed by atoms with van der Waals surface area (Å²) in [5.74, 6) is -2.32. The molecule has 1 aliphatic carbocycles. The summed E-state index contributed by atoms with van der Waals surface area (Å²) in [5, 5.41) is 0. The van der Waals surface area contributed by atoms with Gasteiger partial charge in [0.05, 0.1) is 23.4 Å². The second-order valence-electron chi connectivity index (χ2n) is 7.43. The largest absolute Gasteiger partial charge is 0.345 e. The first kappa shape index (κ1) is 15.7. The first-order valence-electron chi connectivity index (χ1n) is 8.98. The molecule has 6 nitrogen and oxygen atoms in total. The molecule has 0 unspecified atom stereocenters. The first-order valence-corrected chi connectivity index (χ1v) is 8.98. The lowest BCUT2D eigenvalue weighted by Gasteiger charge is -2.40. The number of piperidine rings is 1. The minimum absolute atomic E-state index is 0.0938. The average molecular weight is 359 g/mol. The van der Waals surface area contributed by atoms with Gasteiger partial charge in [-0.1, -0.05) is 0 Å². The summed E-state index contributed by atoms with van der Waals surface area (Å²) in [7, 11) is 0. The lowest BCUT2D eigenvalue weighted by Crippen LogP contribution is -2.49. The molecule has 8 heteroatoms. The van der Waals surface area contributed by atoms with E-state index in [1.165, 1.54) is 0 Å². The summed E-state index contributed by atoms with van der Waals surface area (Å²) >= 11 is 0. The zero-order chi connectivity index (χ0) is 17.9. The minimum Gasteiger partial charge on any atom is -0.345 e. The zero-order valence-corrected chi connectivity index (χ0v) is 14.2. The van der Waals surface area contributed by atoms with Gasteiger partial charge in [0.2, 0.25) is 11.8 Å². The minimum atomic E-state index is -2.66. The van der Waals surface area contributed by atoms with E-state index in [1.807, 2.05) is 12.3 Å². The van der Waals surface area contributed by atoms with Crippen LogP contribution in [0.4, 0.5) is 8.78 Å². The van der Waals surface area contributed by atoms with E-state index in [0.29, 0.717) is 13.1 Å². The Balaban J connectivity index is 1.43. The topological polar surface area (TPSA) is 66.3 Å². The molecular formula is C18H19F2N5O. The Morgan fingerprint density at radius 3 is 2.88 bits per heavy atom. The molecule has 3 aromatic heterocycles. The van der Waals surface area contributed by atoms with Crippen LogP contribution in [0.25, 0.3) is 16.7 Å². The monoisotopic (exact) mass is 359 g/mol. The Kier molecular flexibility index (Phi) is 3.32. The number of hydrogen-bond acceptors (Lipinski definition) is 3. The van der Waals surface area contributed by atoms with Gasteiger partial charge in [-0.15, -0.1) is 0 Å². The van der Waals surface area contributed by atoms with E-state index in [9.17, 15) is 13.6 Å². The maximum atomic E-state index is 13.1. The van der Waals surface area contributed by atoms with Crippen molar-refractivity contribution >= 4 is 22.6 Å². The maximum absolute atomic E-state index is 13.1. The molecular weight excluding hydrogens is 340 g/mol. The number of alkyl halides is 2. The van der Waals surface area contributed by atoms with E-state index < -0.39 is 11.8 Å². The van der Waals surface area contributed by atoms with Crippen LogP contribution < -0.4 is 0 Å². The van der Waals surface area contributed by atoms with Crippen LogP contribution in [0, 0.1) is 5.92 Å². The molecule has 136 valence electrons. The number of carbonyl (C=O) groups is 1. The van der Waals surface area contributed by atoms with Crippen molar-refractivity contribution in [1.29, 1.82) is 0 Å². The molecule has 1 saturated carbocycles. The van der Waals surface area contributed by atoms with Crippen LogP contribution in [0.1, 0.15) is 37.4 Å². The SMILES string of the molecule is O=C(C1CC(F)(F)C1)N1CCC[C@@H](c2ncc3cnc4[nH]ccc4n23)C1. The highest BCUT2D eigenvalue weighted by Gasteiger charge is 2.50. The number of nitrogens with zero attached hydrogens (tertiary/aromatic N) is 4. The zero-order valence-electron chi connectivity index (χ0n) is 14.2. The number of fused-ring (bicyclic) bond motifs is 3. The third kappa shape index (κ3) is 2.39. The predicted molar refractivity (Wildman–Crippen MR) is 91.1 cm³/mol. The third-order valence-corrected chi connectivity index (χ3v) is 5.62. The molecule has 0 bridgehead atoms. The van der Waals surface area contributed by atoms with Gasteiger partial charge in [0.25, 0.3) is 0 Å². The van der Waals surface area contributed by atoms with Crippen molar-refractivity contribution in [3.8, 4) is 0 Å². The molecule has 1 aliphatic heterocycles. The van der Waals surface area contributed by atoms with E-state index in [0.717, 1.165) is 35.3 Å². The first-order chi connectivity index (χ1) is 12.5.